The van der Waals surface area contributed by atoms with Gasteiger partial charge in [0, 0.05) is 11.8 Å². The molecule has 0 aromatic heterocycles. The van der Waals surface area contributed by atoms with Crippen molar-refractivity contribution >= 4 is 29.6 Å². The summed E-state index contributed by atoms with van der Waals surface area (Å²) in [5.74, 6) is -2.20. The maximum absolute atomic E-state index is 11.2. The number of carboxylic acids is 1. The summed E-state index contributed by atoms with van der Waals surface area (Å²) in [5.41, 5.74) is 1.25. The highest BCUT2D eigenvalue weighted by atomic mass is 16.5. The van der Waals surface area contributed by atoms with Crippen LogP contribution in [0.3, 0.4) is 0 Å². The van der Waals surface area contributed by atoms with E-state index in [2.05, 4.69) is 5.32 Å². The van der Waals surface area contributed by atoms with Crippen molar-refractivity contribution in [2.24, 2.45) is 0 Å². The maximum Gasteiger partial charge on any atom is 0.330 e. The maximum atomic E-state index is 11.2. The number of ether oxygens (including phenoxy) is 1. The van der Waals surface area contributed by atoms with Gasteiger partial charge in [0.05, 0.1) is 6.61 Å². The smallest absolute Gasteiger partial charge is 0.330 e. The lowest BCUT2D eigenvalue weighted by Gasteiger charge is -2.03. The van der Waals surface area contributed by atoms with E-state index in [0.717, 1.165) is 5.56 Å². The summed E-state index contributed by atoms with van der Waals surface area (Å²) >= 11 is 0. The molecule has 0 bridgehead atoms. The molecule has 1 aromatic rings. The number of hydrogen-bond acceptors (Lipinski definition) is 4. The van der Waals surface area contributed by atoms with Crippen LogP contribution in [0.1, 0.15) is 18.9 Å². The number of carbonyl (C=O) groups excluding carboxylic acids is 2. The van der Waals surface area contributed by atoms with Crippen molar-refractivity contribution in [3.63, 3.8) is 0 Å². The Hall–Kier alpha value is -2.63. The molecule has 0 aliphatic heterocycles. The fraction of sp³-hybridized carbons (Fsp3) is 0.214. The number of carboxylic acid groups (broad SMARTS) is 1. The van der Waals surface area contributed by atoms with E-state index < -0.39 is 24.3 Å². The molecule has 1 aromatic carbocycles. The van der Waals surface area contributed by atoms with E-state index in [0.29, 0.717) is 12.3 Å². The van der Waals surface area contributed by atoms with Crippen molar-refractivity contribution in [2.45, 2.75) is 13.3 Å². The fourth-order valence-corrected chi connectivity index (χ4v) is 1.37. The zero-order chi connectivity index (χ0) is 15.0. The van der Waals surface area contributed by atoms with Crippen molar-refractivity contribution in [2.75, 3.05) is 11.9 Å². The molecule has 0 saturated carbocycles. The molecule has 106 valence electrons. The molecule has 0 saturated heterocycles. The predicted octanol–water partition coefficient (Wildman–Crippen LogP) is 1.68. The van der Waals surface area contributed by atoms with Crippen molar-refractivity contribution in [1.29, 1.82) is 0 Å². The first-order valence-corrected chi connectivity index (χ1v) is 5.98. The Morgan fingerprint density at radius 1 is 1.25 bits per heavy atom. The van der Waals surface area contributed by atoms with Crippen LogP contribution in [-0.4, -0.2) is 29.6 Å². The topological polar surface area (TPSA) is 92.7 Å². The second-order valence-corrected chi connectivity index (χ2v) is 3.83. The number of anilines is 1. The third-order valence-corrected chi connectivity index (χ3v) is 2.20. The van der Waals surface area contributed by atoms with Gasteiger partial charge >= 0.3 is 11.9 Å². The SMILES string of the molecule is CCOC(=O)C=Cc1ccc(NC(=O)CC(=O)O)cc1. The second-order valence-electron chi connectivity index (χ2n) is 3.83. The van der Waals surface area contributed by atoms with E-state index in [9.17, 15) is 14.4 Å². The molecule has 0 heterocycles. The van der Waals surface area contributed by atoms with E-state index in [-0.39, 0.29) is 0 Å². The molecule has 2 N–H and O–H groups in total. The van der Waals surface area contributed by atoms with Gasteiger partial charge in [-0.05, 0) is 30.7 Å². The summed E-state index contributed by atoms with van der Waals surface area (Å²) in [5, 5.41) is 10.9. The standard InChI is InChI=1S/C14H15NO5/c1-2-20-14(19)8-5-10-3-6-11(7-4-10)15-12(16)9-13(17)18/h3-8H,2,9H2,1H3,(H,15,16)(H,17,18). The number of esters is 1. The van der Waals surface area contributed by atoms with Gasteiger partial charge in [-0.1, -0.05) is 12.1 Å². The second kappa shape index (κ2) is 7.73. The Morgan fingerprint density at radius 2 is 1.90 bits per heavy atom. The van der Waals surface area contributed by atoms with Crippen LogP contribution >= 0.6 is 0 Å². The lowest BCUT2D eigenvalue weighted by molar-refractivity contribution is -0.140. The van der Waals surface area contributed by atoms with Gasteiger partial charge in [0.1, 0.15) is 6.42 Å². The minimum atomic E-state index is -1.18. The quantitative estimate of drug-likeness (QED) is 0.469. The minimum absolute atomic E-state index is 0.317. The van der Waals surface area contributed by atoms with Gasteiger partial charge in [-0.15, -0.1) is 0 Å². The van der Waals surface area contributed by atoms with Gasteiger partial charge in [0.25, 0.3) is 0 Å². The summed E-state index contributed by atoms with van der Waals surface area (Å²) in [7, 11) is 0. The molecular weight excluding hydrogens is 262 g/mol. The van der Waals surface area contributed by atoms with Crippen LogP contribution in [0.15, 0.2) is 30.3 Å². The van der Waals surface area contributed by atoms with Crippen LogP contribution < -0.4 is 5.32 Å². The number of nitrogens with one attached hydrogen (secondary N) is 1. The first-order chi connectivity index (χ1) is 9.51. The van der Waals surface area contributed by atoms with Gasteiger partial charge in [-0.25, -0.2) is 4.79 Å². The molecule has 0 fully saturated rings. The predicted molar refractivity (Wildman–Crippen MR) is 73.0 cm³/mol. The highest BCUT2D eigenvalue weighted by Crippen LogP contribution is 2.11. The zero-order valence-corrected chi connectivity index (χ0v) is 11.0. The lowest BCUT2D eigenvalue weighted by atomic mass is 10.2. The summed E-state index contributed by atoms with van der Waals surface area (Å²) in [6, 6.07) is 6.60. The third kappa shape index (κ3) is 5.81. The van der Waals surface area contributed by atoms with Crippen LogP contribution in [0.2, 0.25) is 0 Å². The van der Waals surface area contributed by atoms with Crippen molar-refractivity contribution in [3.8, 4) is 0 Å². The average molecular weight is 277 g/mol. The van der Waals surface area contributed by atoms with Crippen molar-refractivity contribution < 1.29 is 24.2 Å². The van der Waals surface area contributed by atoms with Crippen LogP contribution in [0.25, 0.3) is 6.08 Å². The van der Waals surface area contributed by atoms with Gasteiger partial charge in [0.2, 0.25) is 5.91 Å². The van der Waals surface area contributed by atoms with E-state index >= 15 is 0 Å². The summed E-state index contributed by atoms with van der Waals surface area (Å²) in [6.07, 6.45) is 2.31. The van der Waals surface area contributed by atoms with Gasteiger partial charge in [-0.3, -0.25) is 9.59 Å². The van der Waals surface area contributed by atoms with Crippen molar-refractivity contribution in [1.82, 2.24) is 0 Å². The Bertz CT molecular complexity index is 519. The van der Waals surface area contributed by atoms with Crippen LogP contribution in [-0.2, 0) is 19.1 Å². The molecule has 1 rings (SSSR count). The van der Waals surface area contributed by atoms with E-state index in [1.165, 1.54) is 6.08 Å². The number of carbonyl (C=O) groups is 3. The van der Waals surface area contributed by atoms with E-state index in [1.54, 1.807) is 37.3 Å². The number of aliphatic carboxylic acids is 1. The van der Waals surface area contributed by atoms with Crippen LogP contribution in [0, 0.1) is 0 Å². The van der Waals surface area contributed by atoms with Crippen molar-refractivity contribution in [3.05, 3.63) is 35.9 Å². The zero-order valence-electron chi connectivity index (χ0n) is 11.0. The van der Waals surface area contributed by atoms with Gasteiger partial charge in [-0.2, -0.15) is 0 Å². The molecule has 6 nitrogen and oxygen atoms in total. The van der Waals surface area contributed by atoms with Crippen LogP contribution in [0.4, 0.5) is 5.69 Å². The van der Waals surface area contributed by atoms with Crippen LogP contribution in [0.5, 0.6) is 0 Å². The van der Waals surface area contributed by atoms with Gasteiger partial charge in [0.15, 0.2) is 0 Å². The fourth-order valence-electron chi connectivity index (χ4n) is 1.37. The Morgan fingerprint density at radius 3 is 2.45 bits per heavy atom. The number of rotatable bonds is 6. The average Bonchev–Trinajstić information content (AvgIpc) is 2.37. The highest BCUT2D eigenvalue weighted by molar-refractivity contribution is 6.01. The molecule has 0 radical (unpaired) electrons. The Labute approximate surface area is 116 Å². The summed E-state index contributed by atoms with van der Waals surface area (Å²) < 4.78 is 4.74. The Kier molecular flexibility index (Phi) is 5.96. The van der Waals surface area contributed by atoms with E-state index in [1.807, 2.05) is 0 Å². The molecule has 0 aliphatic rings. The molecule has 20 heavy (non-hydrogen) atoms. The monoisotopic (exact) mass is 277 g/mol. The third-order valence-electron chi connectivity index (χ3n) is 2.20. The number of amides is 1. The number of benzene rings is 1. The minimum Gasteiger partial charge on any atom is -0.481 e. The van der Waals surface area contributed by atoms with Gasteiger partial charge < -0.3 is 15.2 Å². The number of hydrogen-bond donors (Lipinski definition) is 2. The molecule has 0 spiro atoms. The van der Waals surface area contributed by atoms with E-state index in [4.69, 9.17) is 9.84 Å². The lowest BCUT2D eigenvalue weighted by Crippen LogP contribution is -2.15. The molecule has 6 heteroatoms. The molecule has 0 aliphatic carbocycles. The normalized spacial score (nSPS) is 10.2. The largest absolute Gasteiger partial charge is 0.481 e. The first kappa shape index (κ1) is 15.4. The molecule has 0 unspecified atom stereocenters. The first-order valence-electron chi connectivity index (χ1n) is 5.98. The molecular formula is C14H15NO5. The molecule has 1 amide bonds. The summed E-state index contributed by atoms with van der Waals surface area (Å²) in [6.45, 7) is 2.04. The molecule has 0 atom stereocenters. The summed E-state index contributed by atoms with van der Waals surface area (Å²) in [4.78, 5) is 32.7. The Balaban J connectivity index is 2.58. The highest BCUT2D eigenvalue weighted by Gasteiger charge is 2.07.